The molecule has 0 aliphatic carbocycles. The van der Waals surface area contributed by atoms with Crippen LogP contribution < -0.4 is 5.32 Å². The van der Waals surface area contributed by atoms with E-state index < -0.39 is 0 Å². The number of aromatic nitrogens is 2. The molecule has 0 saturated heterocycles. The fourth-order valence-corrected chi connectivity index (χ4v) is 2.96. The molecule has 124 valence electrons. The zero-order valence-corrected chi connectivity index (χ0v) is 13.9. The van der Waals surface area contributed by atoms with Gasteiger partial charge in [0.2, 0.25) is 5.91 Å². The number of H-pyrrole nitrogens is 1. The monoisotopic (exact) mass is 350 g/mol. The van der Waals surface area contributed by atoms with Gasteiger partial charge in [0.25, 0.3) is 0 Å². The first-order chi connectivity index (χ1) is 12.3. The normalized spacial score (nSPS) is 10.7. The van der Waals surface area contributed by atoms with E-state index in [2.05, 4.69) is 21.6 Å². The number of carbonyl (C=O) groups is 1. The van der Waals surface area contributed by atoms with E-state index >= 15 is 0 Å². The van der Waals surface area contributed by atoms with Crippen LogP contribution in [0.5, 0.6) is 0 Å². The molecule has 0 atom stereocenters. The van der Waals surface area contributed by atoms with Crippen molar-refractivity contribution in [2.24, 2.45) is 0 Å². The van der Waals surface area contributed by atoms with Crippen molar-refractivity contribution in [2.45, 2.75) is 10.8 Å². The number of carbonyl (C=O) groups excluding carboxylic acids is 1. The Kier molecular flexibility index (Phi) is 5.34. The molecule has 0 spiro atoms. The minimum Gasteiger partial charge on any atom is -0.465 e. The molecule has 0 radical (unpaired) electrons. The lowest BCUT2D eigenvalue weighted by Gasteiger charge is -2.00. The SMILES string of the molecule is N#Cc1c(SCc2ccccc2)n[nH]c1NC(=O)/C=C/c1ccco1. The molecular weight excluding hydrogens is 336 g/mol. The van der Waals surface area contributed by atoms with Crippen LogP contribution in [-0.4, -0.2) is 16.1 Å². The van der Waals surface area contributed by atoms with Gasteiger partial charge in [-0.1, -0.05) is 42.1 Å². The first-order valence-electron chi connectivity index (χ1n) is 7.44. The number of nitrogens with one attached hydrogen (secondary N) is 2. The summed E-state index contributed by atoms with van der Waals surface area (Å²) in [5, 5.41) is 19.4. The summed E-state index contributed by atoms with van der Waals surface area (Å²) in [7, 11) is 0. The maximum absolute atomic E-state index is 12.0. The van der Waals surface area contributed by atoms with Gasteiger partial charge in [-0.25, -0.2) is 0 Å². The number of hydrogen-bond acceptors (Lipinski definition) is 5. The lowest BCUT2D eigenvalue weighted by atomic mass is 10.2. The molecule has 1 aromatic carbocycles. The molecule has 3 rings (SSSR count). The highest BCUT2D eigenvalue weighted by atomic mass is 32.2. The van der Waals surface area contributed by atoms with E-state index in [1.54, 1.807) is 18.2 Å². The van der Waals surface area contributed by atoms with Crippen LogP contribution in [0.25, 0.3) is 6.08 Å². The van der Waals surface area contributed by atoms with Gasteiger partial charge in [0, 0.05) is 11.8 Å². The van der Waals surface area contributed by atoms with Crippen LogP contribution in [0.3, 0.4) is 0 Å². The first kappa shape index (κ1) is 16.6. The van der Waals surface area contributed by atoms with Crippen molar-refractivity contribution in [3.63, 3.8) is 0 Å². The third-order valence-corrected chi connectivity index (χ3v) is 4.30. The van der Waals surface area contributed by atoms with Crippen molar-refractivity contribution < 1.29 is 9.21 Å². The summed E-state index contributed by atoms with van der Waals surface area (Å²) in [5.41, 5.74) is 1.45. The Labute approximate surface area is 148 Å². The summed E-state index contributed by atoms with van der Waals surface area (Å²) < 4.78 is 5.11. The third-order valence-electron chi connectivity index (χ3n) is 3.25. The number of nitrogens with zero attached hydrogens (tertiary/aromatic N) is 2. The van der Waals surface area contributed by atoms with Gasteiger partial charge in [-0.2, -0.15) is 10.4 Å². The smallest absolute Gasteiger partial charge is 0.249 e. The zero-order chi connectivity index (χ0) is 17.5. The Bertz CT molecular complexity index is 908. The van der Waals surface area contributed by atoms with Crippen LogP contribution in [0.15, 0.2) is 64.2 Å². The van der Waals surface area contributed by atoms with Gasteiger partial charge in [0.05, 0.1) is 6.26 Å². The molecule has 3 aromatic rings. The fourth-order valence-electron chi connectivity index (χ4n) is 2.06. The van der Waals surface area contributed by atoms with Crippen molar-refractivity contribution in [2.75, 3.05) is 5.32 Å². The van der Waals surface area contributed by atoms with E-state index in [-0.39, 0.29) is 11.7 Å². The van der Waals surface area contributed by atoms with Gasteiger partial charge in [-0.3, -0.25) is 9.89 Å². The van der Waals surface area contributed by atoms with E-state index in [1.807, 2.05) is 30.3 Å². The van der Waals surface area contributed by atoms with E-state index in [9.17, 15) is 10.1 Å². The van der Waals surface area contributed by atoms with Crippen molar-refractivity contribution in [1.82, 2.24) is 10.2 Å². The predicted molar refractivity (Wildman–Crippen MR) is 95.7 cm³/mol. The highest BCUT2D eigenvalue weighted by Gasteiger charge is 2.15. The maximum Gasteiger partial charge on any atom is 0.249 e. The summed E-state index contributed by atoms with van der Waals surface area (Å²) in [6, 6.07) is 15.4. The summed E-state index contributed by atoms with van der Waals surface area (Å²) in [4.78, 5) is 12.0. The van der Waals surface area contributed by atoms with E-state index in [1.165, 1.54) is 24.1 Å². The van der Waals surface area contributed by atoms with E-state index in [0.717, 1.165) is 5.56 Å². The molecule has 1 amide bonds. The van der Waals surface area contributed by atoms with E-state index in [0.29, 0.717) is 22.1 Å². The van der Waals surface area contributed by atoms with Gasteiger partial charge < -0.3 is 9.73 Å². The minimum atomic E-state index is -0.379. The molecule has 0 saturated carbocycles. The number of nitriles is 1. The number of rotatable bonds is 6. The standard InChI is InChI=1S/C18H14N4O2S/c19-11-15-17(20-16(23)9-8-14-7-4-10-24-14)21-22-18(15)25-12-13-5-2-1-3-6-13/h1-10H,12H2,(H2,20,21,22,23)/b9-8+. The summed E-state index contributed by atoms with van der Waals surface area (Å²) in [6.45, 7) is 0. The Morgan fingerprint density at radius 3 is 2.88 bits per heavy atom. The van der Waals surface area contributed by atoms with E-state index in [4.69, 9.17) is 4.42 Å². The lowest BCUT2D eigenvalue weighted by Crippen LogP contribution is -2.09. The molecular formula is C18H14N4O2S. The fraction of sp³-hybridized carbons (Fsp3) is 0.0556. The second kappa shape index (κ2) is 8.04. The van der Waals surface area contributed by atoms with Crippen LogP contribution >= 0.6 is 11.8 Å². The van der Waals surface area contributed by atoms with Crippen LogP contribution in [0.2, 0.25) is 0 Å². The third kappa shape index (κ3) is 4.40. The summed E-state index contributed by atoms with van der Waals surface area (Å²) >= 11 is 1.43. The minimum absolute atomic E-state index is 0.284. The second-order valence-electron chi connectivity index (χ2n) is 5.00. The molecule has 0 fully saturated rings. The Morgan fingerprint density at radius 2 is 2.16 bits per heavy atom. The number of amides is 1. The van der Waals surface area contributed by atoms with Gasteiger partial charge in [-0.15, -0.1) is 0 Å². The second-order valence-corrected chi connectivity index (χ2v) is 5.97. The molecule has 7 heteroatoms. The average Bonchev–Trinajstić information content (AvgIpc) is 3.28. The zero-order valence-electron chi connectivity index (χ0n) is 13.1. The number of furan rings is 1. The van der Waals surface area contributed by atoms with Crippen LogP contribution in [0.1, 0.15) is 16.9 Å². The highest BCUT2D eigenvalue weighted by Crippen LogP contribution is 2.28. The predicted octanol–water partition coefficient (Wildman–Crippen LogP) is 3.82. The quantitative estimate of drug-likeness (QED) is 0.520. The number of aromatic amines is 1. The molecule has 25 heavy (non-hydrogen) atoms. The molecule has 0 bridgehead atoms. The van der Waals surface area contributed by atoms with Crippen molar-refractivity contribution in [1.29, 1.82) is 5.26 Å². The largest absolute Gasteiger partial charge is 0.465 e. The summed E-state index contributed by atoms with van der Waals surface area (Å²) in [5.74, 6) is 1.16. The Morgan fingerprint density at radius 1 is 1.32 bits per heavy atom. The topological polar surface area (TPSA) is 94.7 Å². The molecule has 2 aromatic heterocycles. The Hall–Kier alpha value is -3.24. The summed E-state index contributed by atoms with van der Waals surface area (Å²) in [6.07, 6.45) is 4.40. The van der Waals surface area contributed by atoms with Gasteiger partial charge in [-0.05, 0) is 23.8 Å². The number of anilines is 1. The lowest BCUT2D eigenvalue weighted by molar-refractivity contribution is -0.111. The van der Waals surface area contributed by atoms with Crippen molar-refractivity contribution in [3.05, 3.63) is 71.7 Å². The number of thioether (sulfide) groups is 1. The molecule has 6 nitrogen and oxygen atoms in total. The molecule has 0 unspecified atom stereocenters. The molecule has 0 aliphatic heterocycles. The first-order valence-corrected chi connectivity index (χ1v) is 8.42. The van der Waals surface area contributed by atoms with Gasteiger partial charge in [0.15, 0.2) is 0 Å². The molecule has 2 N–H and O–H groups in total. The molecule has 2 heterocycles. The van der Waals surface area contributed by atoms with Gasteiger partial charge in [0.1, 0.15) is 28.2 Å². The van der Waals surface area contributed by atoms with Crippen molar-refractivity contribution in [3.8, 4) is 6.07 Å². The molecule has 0 aliphatic rings. The number of hydrogen-bond donors (Lipinski definition) is 2. The van der Waals surface area contributed by atoms with Crippen molar-refractivity contribution >= 4 is 29.6 Å². The van der Waals surface area contributed by atoms with Crippen LogP contribution in [-0.2, 0) is 10.5 Å². The Balaban J connectivity index is 1.65. The van der Waals surface area contributed by atoms with Crippen LogP contribution in [0, 0.1) is 11.3 Å². The average molecular weight is 350 g/mol. The van der Waals surface area contributed by atoms with Gasteiger partial charge >= 0.3 is 0 Å². The van der Waals surface area contributed by atoms with Crippen LogP contribution in [0.4, 0.5) is 5.82 Å². The maximum atomic E-state index is 12.0. The highest BCUT2D eigenvalue weighted by molar-refractivity contribution is 7.98. The number of benzene rings is 1.